The van der Waals surface area contributed by atoms with Crippen molar-refractivity contribution in [3.05, 3.63) is 0 Å². The number of ether oxygens (including phenoxy) is 1. The molecule has 1 heterocycles. The highest BCUT2D eigenvalue weighted by Gasteiger charge is 2.51. The first-order valence-electron chi connectivity index (χ1n) is 6.46. The third-order valence-corrected chi connectivity index (χ3v) is 5.62. The van der Waals surface area contributed by atoms with E-state index in [1.807, 2.05) is 0 Å². The summed E-state index contributed by atoms with van der Waals surface area (Å²) in [5.74, 6) is 3.66. The molecule has 0 aromatic carbocycles. The molecule has 0 amide bonds. The van der Waals surface area contributed by atoms with Gasteiger partial charge in [0.25, 0.3) is 0 Å². The Morgan fingerprint density at radius 3 is 2.73 bits per heavy atom. The van der Waals surface area contributed by atoms with E-state index >= 15 is 0 Å². The zero-order valence-electron chi connectivity index (χ0n) is 9.38. The molecular formula is C13H21ClO. The molecule has 3 rings (SSSR count). The number of alkyl halides is 1. The average molecular weight is 229 g/mol. The number of rotatable bonds is 3. The lowest BCUT2D eigenvalue weighted by molar-refractivity contribution is 0.128. The minimum absolute atomic E-state index is 0.503. The van der Waals surface area contributed by atoms with Crippen LogP contribution in [0.2, 0.25) is 0 Å². The predicted octanol–water partition coefficient (Wildman–Crippen LogP) is 3.46. The Labute approximate surface area is 97.5 Å². The van der Waals surface area contributed by atoms with Crippen molar-refractivity contribution in [1.29, 1.82) is 0 Å². The molecule has 86 valence electrons. The monoisotopic (exact) mass is 228 g/mol. The summed E-state index contributed by atoms with van der Waals surface area (Å²) in [5.41, 5.74) is 0.503. The van der Waals surface area contributed by atoms with Crippen LogP contribution in [0.15, 0.2) is 0 Å². The SMILES string of the molecule is ClCC1(CC2CCOC2)CC2CCC1C2. The lowest BCUT2D eigenvalue weighted by Gasteiger charge is -2.38. The van der Waals surface area contributed by atoms with Crippen LogP contribution in [-0.2, 0) is 4.74 Å². The maximum absolute atomic E-state index is 6.30. The van der Waals surface area contributed by atoms with E-state index in [9.17, 15) is 0 Å². The van der Waals surface area contributed by atoms with Crippen molar-refractivity contribution in [3.8, 4) is 0 Å². The topological polar surface area (TPSA) is 9.23 Å². The fourth-order valence-corrected chi connectivity index (χ4v) is 4.78. The van der Waals surface area contributed by atoms with Gasteiger partial charge in [0.1, 0.15) is 0 Å². The van der Waals surface area contributed by atoms with Crippen molar-refractivity contribution < 1.29 is 4.74 Å². The fourth-order valence-electron chi connectivity index (χ4n) is 4.35. The second-order valence-electron chi connectivity index (χ2n) is 6.01. The molecule has 0 radical (unpaired) electrons. The van der Waals surface area contributed by atoms with Crippen LogP contribution < -0.4 is 0 Å². The van der Waals surface area contributed by atoms with Gasteiger partial charge < -0.3 is 4.74 Å². The van der Waals surface area contributed by atoms with Crippen molar-refractivity contribution >= 4 is 11.6 Å². The van der Waals surface area contributed by atoms with Gasteiger partial charge in [-0.1, -0.05) is 6.42 Å². The highest BCUT2D eigenvalue weighted by atomic mass is 35.5. The second-order valence-corrected chi connectivity index (χ2v) is 6.28. The van der Waals surface area contributed by atoms with Gasteiger partial charge in [-0.05, 0) is 55.3 Å². The molecule has 4 atom stereocenters. The molecule has 1 aliphatic heterocycles. The quantitative estimate of drug-likeness (QED) is 0.673. The van der Waals surface area contributed by atoms with Crippen LogP contribution in [-0.4, -0.2) is 19.1 Å². The summed E-state index contributed by atoms with van der Waals surface area (Å²) in [6.45, 7) is 1.98. The number of hydrogen-bond donors (Lipinski definition) is 0. The third kappa shape index (κ3) is 1.72. The molecule has 1 saturated heterocycles. The van der Waals surface area contributed by atoms with Gasteiger partial charge in [-0.15, -0.1) is 11.6 Å². The van der Waals surface area contributed by atoms with Gasteiger partial charge >= 0.3 is 0 Å². The normalized spacial score (nSPS) is 49.0. The lowest BCUT2D eigenvalue weighted by atomic mass is 9.69. The van der Waals surface area contributed by atoms with E-state index in [4.69, 9.17) is 16.3 Å². The third-order valence-electron chi connectivity index (χ3n) is 5.09. The van der Waals surface area contributed by atoms with E-state index in [0.29, 0.717) is 5.41 Å². The minimum atomic E-state index is 0.503. The van der Waals surface area contributed by atoms with E-state index in [-0.39, 0.29) is 0 Å². The van der Waals surface area contributed by atoms with Crippen LogP contribution in [0.4, 0.5) is 0 Å². The van der Waals surface area contributed by atoms with E-state index in [0.717, 1.165) is 36.8 Å². The van der Waals surface area contributed by atoms with Crippen LogP contribution in [0, 0.1) is 23.2 Å². The molecule has 2 saturated carbocycles. The molecule has 1 nitrogen and oxygen atoms in total. The highest BCUT2D eigenvalue weighted by molar-refractivity contribution is 6.18. The Bertz CT molecular complexity index is 237. The lowest BCUT2D eigenvalue weighted by Crippen LogP contribution is -2.32. The maximum atomic E-state index is 6.30. The van der Waals surface area contributed by atoms with Gasteiger partial charge in [0, 0.05) is 19.1 Å². The molecule has 0 aromatic rings. The molecule has 0 N–H and O–H groups in total. The predicted molar refractivity (Wildman–Crippen MR) is 62.1 cm³/mol. The second kappa shape index (κ2) is 3.92. The van der Waals surface area contributed by atoms with Crippen molar-refractivity contribution in [3.63, 3.8) is 0 Å². The Morgan fingerprint density at radius 2 is 2.20 bits per heavy atom. The zero-order chi connectivity index (χ0) is 10.3. The molecule has 2 bridgehead atoms. The molecule has 3 aliphatic rings. The summed E-state index contributed by atoms with van der Waals surface area (Å²) in [6.07, 6.45) is 8.43. The molecule has 3 fully saturated rings. The molecule has 15 heavy (non-hydrogen) atoms. The Hall–Kier alpha value is 0.250. The summed E-state index contributed by atoms with van der Waals surface area (Å²) in [4.78, 5) is 0. The summed E-state index contributed by atoms with van der Waals surface area (Å²) < 4.78 is 5.49. The van der Waals surface area contributed by atoms with Gasteiger partial charge in [0.15, 0.2) is 0 Å². The van der Waals surface area contributed by atoms with Crippen molar-refractivity contribution in [2.45, 2.75) is 38.5 Å². The van der Waals surface area contributed by atoms with Crippen molar-refractivity contribution in [1.82, 2.24) is 0 Å². The maximum Gasteiger partial charge on any atom is 0.0495 e. The van der Waals surface area contributed by atoms with Gasteiger partial charge in [-0.25, -0.2) is 0 Å². The summed E-state index contributed by atoms with van der Waals surface area (Å²) in [5, 5.41) is 0. The van der Waals surface area contributed by atoms with Crippen LogP contribution in [0.1, 0.15) is 38.5 Å². The average Bonchev–Trinajstić information content (AvgIpc) is 2.93. The zero-order valence-corrected chi connectivity index (χ0v) is 10.1. The standard InChI is InChI=1S/C13H21ClO/c14-9-13(7-11-3-4-15-8-11)6-10-1-2-12(13)5-10/h10-12H,1-9H2. The smallest absolute Gasteiger partial charge is 0.0495 e. The minimum Gasteiger partial charge on any atom is -0.381 e. The number of halogens is 1. The van der Waals surface area contributed by atoms with E-state index in [2.05, 4.69) is 0 Å². The van der Waals surface area contributed by atoms with E-state index < -0.39 is 0 Å². The van der Waals surface area contributed by atoms with Crippen LogP contribution in [0.5, 0.6) is 0 Å². The first-order chi connectivity index (χ1) is 7.32. The Kier molecular flexibility index (Phi) is 2.72. The van der Waals surface area contributed by atoms with Gasteiger partial charge in [-0.2, -0.15) is 0 Å². The van der Waals surface area contributed by atoms with Gasteiger partial charge in [0.05, 0.1) is 0 Å². The molecule has 0 spiro atoms. The summed E-state index contributed by atoms with van der Waals surface area (Å²) in [7, 11) is 0. The van der Waals surface area contributed by atoms with Crippen molar-refractivity contribution in [2.24, 2.45) is 23.2 Å². The largest absolute Gasteiger partial charge is 0.381 e. The molecule has 2 aliphatic carbocycles. The van der Waals surface area contributed by atoms with Gasteiger partial charge in [-0.3, -0.25) is 0 Å². The van der Waals surface area contributed by atoms with Crippen LogP contribution in [0.3, 0.4) is 0 Å². The van der Waals surface area contributed by atoms with Crippen LogP contribution >= 0.6 is 11.6 Å². The Balaban J connectivity index is 1.69. The molecule has 2 heteroatoms. The van der Waals surface area contributed by atoms with E-state index in [1.54, 1.807) is 0 Å². The summed E-state index contributed by atoms with van der Waals surface area (Å²) >= 11 is 6.30. The first-order valence-corrected chi connectivity index (χ1v) is 6.99. The van der Waals surface area contributed by atoms with Gasteiger partial charge in [0.2, 0.25) is 0 Å². The Morgan fingerprint density at radius 1 is 1.27 bits per heavy atom. The molecule has 0 aromatic heterocycles. The first kappa shape index (κ1) is 10.4. The molecule has 4 unspecified atom stereocenters. The van der Waals surface area contributed by atoms with Crippen molar-refractivity contribution in [2.75, 3.05) is 19.1 Å². The number of hydrogen-bond acceptors (Lipinski definition) is 1. The van der Waals surface area contributed by atoms with Crippen LogP contribution in [0.25, 0.3) is 0 Å². The highest BCUT2D eigenvalue weighted by Crippen LogP contribution is 2.59. The van der Waals surface area contributed by atoms with E-state index in [1.165, 1.54) is 38.5 Å². The summed E-state index contributed by atoms with van der Waals surface area (Å²) in [6, 6.07) is 0. The molecular weight excluding hydrogens is 208 g/mol. The fraction of sp³-hybridized carbons (Fsp3) is 1.00. The number of fused-ring (bicyclic) bond motifs is 2.